The van der Waals surface area contributed by atoms with Crippen LogP contribution in [0, 0.1) is 6.92 Å². The van der Waals surface area contributed by atoms with Crippen LogP contribution in [-0.4, -0.2) is 25.2 Å². The van der Waals surface area contributed by atoms with Crippen LogP contribution in [0.4, 0.5) is 5.95 Å². The second kappa shape index (κ2) is 6.27. The van der Waals surface area contributed by atoms with Gasteiger partial charge in [0.1, 0.15) is 0 Å². The van der Waals surface area contributed by atoms with Gasteiger partial charge in [0, 0.05) is 29.8 Å². The smallest absolute Gasteiger partial charge is 0.252 e. The van der Waals surface area contributed by atoms with Crippen LogP contribution in [0.15, 0.2) is 58.9 Å². The summed E-state index contributed by atoms with van der Waals surface area (Å²) in [6, 6.07) is 9.35. The first-order valence-electron chi connectivity index (χ1n) is 7.09. The van der Waals surface area contributed by atoms with E-state index in [9.17, 15) is 4.79 Å². The van der Waals surface area contributed by atoms with E-state index in [1.807, 2.05) is 42.0 Å². The number of rotatable bonds is 4. The van der Waals surface area contributed by atoms with Crippen molar-refractivity contribution in [2.24, 2.45) is 5.10 Å². The lowest BCUT2D eigenvalue weighted by atomic mass is 10.1. The fourth-order valence-electron chi connectivity index (χ4n) is 2.12. The molecule has 0 aliphatic heterocycles. The molecule has 0 spiro atoms. The monoisotopic (exact) mass is 308 g/mol. The van der Waals surface area contributed by atoms with Crippen LogP contribution in [0.25, 0.3) is 5.69 Å². The summed E-state index contributed by atoms with van der Waals surface area (Å²) in [4.78, 5) is 22.2. The summed E-state index contributed by atoms with van der Waals surface area (Å²) in [5.41, 5.74) is 5.97. The lowest BCUT2D eigenvalue weighted by molar-refractivity contribution is 1.04. The predicted octanol–water partition coefficient (Wildman–Crippen LogP) is 2.10. The number of hydrazone groups is 1. The SMILES string of the molecule is C/C(=N/Nc1nc(C)cc(=O)[nH]1)c1ccc(-n2ccnc2)cc1. The molecule has 7 nitrogen and oxygen atoms in total. The molecule has 1 aromatic carbocycles. The molecule has 0 fully saturated rings. The molecular formula is C16H16N6O. The number of imidazole rings is 1. The molecule has 3 aromatic rings. The molecule has 0 radical (unpaired) electrons. The van der Waals surface area contributed by atoms with Gasteiger partial charge in [0.25, 0.3) is 5.56 Å². The first-order valence-corrected chi connectivity index (χ1v) is 7.09. The molecule has 0 bridgehead atoms. The van der Waals surface area contributed by atoms with Crippen LogP contribution in [0.3, 0.4) is 0 Å². The number of anilines is 1. The number of aromatic nitrogens is 4. The Bertz CT molecular complexity index is 878. The Labute approximate surface area is 132 Å². The van der Waals surface area contributed by atoms with Crippen LogP contribution in [0.2, 0.25) is 0 Å². The lowest BCUT2D eigenvalue weighted by Crippen LogP contribution is -2.11. The molecule has 0 atom stereocenters. The van der Waals surface area contributed by atoms with E-state index in [1.54, 1.807) is 19.4 Å². The van der Waals surface area contributed by atoms with Gasteiger partial charge < -0.3 is 4.57 Å². The summed E-state index contributed by atoms with van der Waals surface area (Å²) in [6.45, 7) is 3.64. The second-order valence-electron chi connectivity index (χ2n) is 5.06. The predicted molar refractivity (Wildman–Crippen MR) is 89.0 cm³/mol. The van der Waals surface area contributed by atoms with E-state index >= 15 is 0 Å². The number of hydrogen-bond donors (Lipinski definition) is 2. The molecule has 0 saturated heterocycles. The van der Waals surface area contributed by atoms with E-state index in [-0.39, 0.29) is 5.56 Å². The summed E-state index contributed by atoms with van der Waals surface area (Å²) in [5, 5.41) is 4.25. The highest BCUT2D eigenvalue weighted by Gasteiger charge is 2.01. The van der Waals surface area contributed by atoms with E-state index < -0.39 is 0 Å². The van der Waals surface area contributed by atoms with Crippen LogP contribution < -0.4 is 11.0 Å². The molecule has 3 rings (SSSR count). The second-order valence-corrected chi connectivity index (χ2v) is 5.06. The fourth-order valence-corrected chi connectivity index (χ4v) is 2.12. The Hall–Kier alpha value is -3.22. The summed E-state index contributed by atoms with van der Waals surface area (Å²) in [5.74, 6) is 0.324. The lowest BCUT2D eigenvalue weighted by Gasteiger charge is -2.05. The standard InChI is InChI=1S/C16H16N6O/c1-11-9-15(23)19-16(18-11)21-20-12(2)13-3-5-14(6-4-13)22-8-7-17-10-22/h3-10H,1-2H3,(H2,18,19,21,23)/b20-12-. The highest BCUT2D eigenvalue weighted by atomic mass is 16.1. The van der Waals surface area contributed by atoms with E-state index in [0.717, 1.165) is 17.0 Å². The Morgan fingerprint density at radius 2 is 2.09 bits per heavy atom. The van der Waals surface area contributed by atoms with Crippen molar-refractivity contribution in [3.8, 4) is 5.69 Å². The average Bonchev–Trinajstić information content (AvgIpc) is 3.06. The third kappa shape index (κ3) is 3.52. The summed E-state index contributed by atoms with van der Waals surface area (Å²) >= 11 is 0. The van der Waals surface area contributed by atoms with Gasteiger partial charge in [-0.1, -0.05) is 12.1 Å². The molecule has 7 heteroatoms. The maximum Gasteiger partial charge on any atom is 0.252 e. The van der Waals surface area contributed by atoms with Gasteiger partial charge in [-0.2, -0.15) is 5.10 Å². The van der Waals surface area contributed by atoms with Crippen LogP contribution >= 0.6 is 0 Å². The van der Waals surface area contributed by atoms with Gasteiger partial charge in [0.2, 0.25) is 5.95 Å². The molecule has 2 heterocycles. The first kappa shape index (κ1) is 14.7. The van der Waals surface area contributed by atoms with Crippen molar-refractivity contribution in [2.75, 3.05) is 5.43 Å². The van der Waals surface area contributed by atoms with Crippen molar-refractivity contribution in [2.45, 2.75) is 13.8 Å². The molecule has 0 saturated carbocycles. The number of aryl methyl sites for hydroxylation is 1. The summed E-state index contributed by atoms with van der Waals surface area (Å²) in [7, 11) is 0. The molecule has 23 heavy (non-hydrogen) atoms. The molecule has 0 unspecified atom stereocenters. The van der Waals surface area contributed by atoms with Gasteiger partial charge >= 0.3 is 0 Å². The molecule has 0 aliphatic carbocycles. The van der Waals surface area contributed by atoms with E-state index in [2.05, 4.69) is 25.5 Å². The minimum absolute atomic E-state index is 0.211. The van der Waals surface area contributed by atoms with E-state index in [0.29, 0.717) is 11.6 Å². The highest BCUT2D eigenvalue weighted by Crippen LogP contribution is 2.10. The molecule has 2 aromatic heterocycles. The molecule has 0 amide bonds. The Kier molecular flexibility index (Phi) is 4.01. The molecule has 2 N–H and O–H groups in total. The van der Waals surface area contributed by atoms with Gasteiger partial charge in [-0.25, -0.2) is 15.4 Å². The zero-order valence-corrected chi connectivity index (χ0v) is 12.8. The maximum atomic E-state index is 11.4. The Balaban J connectivity index is 1.77. The molecule has 0 aliphatic rings. The van der Waals surface area contributed by atoms with Gasteiger partial charge in [-0.05, 0) is 31.5 Å². The summed E-state index contributed by atoms with van der Waals surface area (Å²) < 4.78 is 1.93. The van der Waals surface area contributed by atoms with Crippen molar-refractivity contribution in [3.05, 3.63) is 70.7 Å². The zero-order valence-electron chi connectivity index (χ0n) is 12.8. The third-order valence-electron chi connectivity index (χ3n) is 3.29. The third-order valence-corrected chi connectivity index (χ3v) is 3.29. The summed E-state index contributed by atoms with van der Waals surface area (Å²) in [6.07, 6.45) is 5.37. The normalized spacial score (nSPS) is 11.5. The van der Waals surface area contributed by atoms with Crippen LogP contribution in [0.5, 0.6) is 0 Å². The quantitative estimate of drug-likeness (QED) is 0.570. The van der Waals surface area contributed by atoms with Crippen molar-refractivity contribution < 1.29 is 0 Å². The number of benzene rings is 1. The Morgan fingerprint density at radius 1 is 1.30 bits per heavy atom. The number of nitrogens with zero attached hydrogens (tertiary/aromatic N) is 4. The largest absolute Gasteiger partial charge is 0.306 e. The van der Waals surface area contributed by atoms with Gasteiger partial charge in [-0.3, -0.25) is 9.78 Å². The average molecular weight is 308 g/mol. The number of H-pyrrole nitrogens is 1. The molecule has 116 valence electrons. The number of nitrogens with one attached hydrogen (secondary N) is 2. The van der Waals surface area contributed by atoms with Crippen molar-refractivity contribution >= 4 is 11.7 Å². The van der Waals surface area contributed by atoms with E-state index in [4.69, 9.17) is 0 Å². The number of hydrogen-bond acceptors (Lipinski definition) is 5. The highest BCUT2D eigenvalue weighted by molar-refractivity contribution is 5.99. The van der Waals surface area contributed by atoms with Gasteiger partial charge in [0.15, 0.2) is 0 Å². The van der Waals surface area contributed by atoms with Gasteiger partial charge in [0.05, 0.1) is 12.0 Å². The van der Waals surface area contributed by atoms with Crippen LogP contribution in [-0.2, 0) is 0 Å². The van der Waals surface area contributed by atoms with E-state index in [1.165, 1.54) is 6.07 Å². The van der Waals surface area contributed by atoms with Crippen molar-refractivity contribution in [1.82, 2.24) is 19.5 Å². The van der Waals surface area contributed by atoms with Crippen molar-refractivity contribution in [3.63, 3.8) is 0 Å². The first-order chi connectivity index (χ1) is 11.1. The molecular weight excluding hydrogens is 292 g/mol. The fraction of sp³-hybridized carbons (Fsp3) is 0.125. The Morgan fingerprint density at radius 3 is 2.74 bits per heavy atom. The van der Waals surface area contributed by atoms with Crippen LogP contribution in [0.1, 0.15) is 18.2 Å². The maximum absolute atomic E-state index is 11.4. The zero-order chi connectivity index (χ0) is 16.2. The van der Waals surface area contributed by atoms with Crippen molar-refractivity contribution in [1.29, 1.82) is 0 Å². The minimum atomic E-state index is -0.211. The van der Waals surface area contributed by atoms with Gasteiger partial charge in [-0.15, -0.1) is 0 Å². The topological polar surface area (TPSA) is 88.0 Å². The number of aromatic amines is 1. The minimum Gasteiger partial charge on any atom is -0.306 e.